The van der Waals surface area contributed by atoms with E-state index < -0.39 is 17.6 Å². The summed E-state index contributed by atoms with van der Waals surface area (Å²) in [5, 5.41) is 0. The van der Waals surface area contributed by atoms with E-state index in [0.29, 0.717) is 44.5 Å². The maximum Gasteiger partial charge on any atom is 0.417 e. The Morgan fingerprint density at radius 3 is 2.38 bits per heavy atom. The molecule has 156 valence electrons. The van der Waals surface area contributed by atoms with Gasteiger partial charge in [-0.15, -0.1) is 0 Å². The van der Waals surface area contributed by atoms with Gasteiger partial charge in [0.25, 0.3) is 5.91 Å². The fourth-order valence-corrected chi connectivity index (χ4v) is 3.09. The maximum atomic E-state index is 13.2. The highest BCUT2D eigenvalue weighted by Crippen LogP contribution is 2.32. The van der Waals surface area contributed by atoms with Crippen LogP contribution in [0.2, 0.25) is 0 Å². The van der Waals surface area contributed by atoms with Gasteiger partial charge in [-0.25, -0.2) is 0 Å². The molecule has 2 heterocycles. The molecular weight excluding hydrogens is 387 g/mol. The molecule has 0 bridgehead atoms. The second-order valence-corrected chi connectivity index (χ2v) is 6.92. The molecule has 0 saturated carbocycles. The molecule has 8 nitrogen and oxygen atoms in total. The van der Waals surface area contributed by atoms with Crippen molar-refractivity contribution >= 4 is 17.8 Å². The van der Waals surface area contributed by atoms with Crippen molar-refractivity contribution in [1.29, 1.82) is 0 Å². The Balaban J connectivity index is 1.65. The molecule has 1 aromatic carbocycles. The molecule has 29 heavy (non-hydrogen) atoms. The van der Waals surface area contributed by atoms with Gasteiger partial charge in [0.1, 0.15) is 5.82 Å². The zero-order chi connectivity index (χ0) is 21.2. The third-order valence-corrected chi connectivity index (χ3v) is 4.57. The molecule has 0 unspecified atom stereocenters. The van der Waals surface area contributed by atoms with E-state index in [2.05, 4.69) is 15.0 Å². The summed E-state index contributed by atoms with van der Waals surface area (Å²) < 4.78 is 39.6. The van der Waals surface area contributed by atoms with E-state index in [1.165, 1.54) is 23.1 Å². The Kier molecular flexibility index (Phi) is 5.87. The molecule has 3 rings (SSSR count). The van der Waals surface area contributed by atoms with E-state index in [4.69, 9.17) is 5.73 Å². The largest absolute Gasteiger partial charge is 0.417 e. The first-order chi connectivity index (χ1) is 13.6. The summed E-state index contributed by atoms with van der Waals surface area (Å²) in [6.07, 6.45) is -4.57. The van der Waals surface area contributed by atoms with Crippen molar-refractivity contribution in [2.45, 2.75) is 12.7 Å². The van der Waals surface area contributed by atoms with Gasteiger partial charge >= 0.3 is 6.18 Å². The Morgan fingerprint density at radius 2 is 1.76 bits per heavy atom. The monoisotopic (exact) mass is 409 g/mol. The fraction of sp³-hybridized carbons (Fsp3) is 0.444. The second-order valence-electron chi connectivity index (χ2n) is 6.92. The Hall–Kier alpha value is -2.95. The van der Waals surface area contributed by atoms with Gasteiger partial charge in [-0.1, -0.05) is 12.1 Å². The molecule has 1 fully saturated rings. The minimum Gasteiger partial charge on any atom is -0.368 e. The Morgan fingerprint density at radius 1 is 1.10 bits per heavy atom. The molecule has 1 amide bonds. The lowest BCUT2D eigenvalue weighted by Gasteiger charge is -2.34. The van der Waals surface area contributed by atoms with Gasteiger partial charge in [0.2, 0.25) is 11.9 Å². The number of carbonyl (C=O) groups is 1. The van der Waals surface area contributed by atoms with Crippen molar-refractivity contribution < 1.29 is 18.0 Å². The standard InChI is InChI=1S/C18H22F3N7O/c1-26(2)17-24-14(23-16(22)25-17)11-27-7-9-28(10-8-27)15(29)12-5-3-4-6-13(12)18(19,20)21/h3-6H,7-11H2,1-2H3,(H2,22,23,24,25). The SMILES string of the molecule is CN(C)c1nc(N)nc(CN2CCN(C(=O)c3ccccc3C(F)(F)F)CC2)n1. The summed E-state index contributed by atoms with van der Waals surface area (Å²) in [7, 11) is 3.59. The molecule has 0 radical (unpaired) electrons. The molecule has 0 atom stereocenters. The molecule has 1 aliphatic rings. The average molecular weight is 409 g/mol. The van der Waals surface area contributed by atoms with E-state index >= 15 is 0 Å². The van der Waals surface area contributed by atoms with Gasteiger partial charge in [-0.3, -0.25) is 9.69 Å². The predicted molar refractivity (Wildman–Crippen MR) is 101 cm³/mol. The molecule has 1 aromatic heterocycles. The van der Waals surface area contributed by atoms with E-state index in [9.17, 15) is 18.0 Å². The lowest BCUT2D eigenvalue weighted by Crippen LogP contribution is -2.48. The summed E-state index contributed by atoms with van der Waals surface area (Å²) in [5.41, 5.74) is 4.49. The van der Waals surface area contributed by atoms with Crippen molar-refractivity contribution in [3.63, 3.8) is 0 Å². The summed E-state index contributed by atoms with van der Waals surface area (Å²) in [4.78, 5) is 30.3. The minimum atomic E-state index is -4.57. The third kappa shape index (κ3) is 4.91. The number of halogens is 3. The number of hydrogen-bond donors (Lipinski definition) is 1. The van der Waals surface area contributed by atoms with Crippen LogP contribution in [0.3, 0.4) is 0 Å². The summed E-state index contributed by atoms with van der Waals surface area (Å²) in [5.74, 6) is 0.460. The van der Waals surface area contributed by atoms with Crippen LogP contribution in [0.4, 0.5) is 25.1 Å². The van der Waals surface area contributed by atoms with Crippen LogP contribution in [-0.2, 0) is 12.7 Å². The highest BCUT2D eigenvalue weighted by atomic mass is 19.4. The van der Waals surface area contributed by atoms with Gasteiger partial charge in [-0.2, -0.15) is 28.1 Å². The minimum absolute atomic E-state index is 0.122. The van der Waals surface area contributed by atoms with Crippen molar-refractivity contribution in [1.82, 2.24) is 24.8 Å². The highest BCUT2D eigenvalue weighted by Gasteiger charge is 2.36. The van der Waals surface area contributed by atoms with Crippen LogP contribution in [0, 0.1) is 0 Å². The average Bonchev–Trinajstić information content (AvgIpc) is 2.67. The summed E-state index contributed by atoms with van der Waals surface area (Å²) >= 11 is 0. The van der Waals surface area contributed by atoms with Crippen LogP contribution in [0.1, 0.15) is 21.7 Å². The number of anilines is 2. The summed E-state index contributed by atoms with van der Waals surface area (Å²) in [6.45, 7) is 2.01. The molecule has 11 heteroatoms. The number of nitrogens with zero attached hydrogens (tertiary/aromatic N) is 6. The number of rotatable bonds is 4. The first-order valence-corrected chi connectivity index (χ1v) is 9.01. The van der Waals surface area contributed by atoms with Gasteiger partial charge in [-0.05, 0) is 12.1 Å². The van der Waals surface area contributed by atoms with Gasteiger partial charge in [0.15, 0.2) is 0 Å². The van der Waals surface area contributed by atoms with E-state index in [1.807, 2.05) is 4.90 Å². The predicted octanol–water partition coefficient (Wildman–Crippen LogP) is 1.50. The van der Waals surface area contributed by atoms with Crippen molar-refractivity contribution in [3.05, 3.63) is 41.2 Å². The van der Waals surface area contributed by atoms with Crippen LogP contribution in [0.5, 0.6) is 0 Å². The number of carbonyl (C=O) groups excluding carboxylic acids is 1. The van der Waals surface area contributed by atoms with Crippen LogP contribution in [0.25, 0.3) is 0 Å². The first-order valence-electron chi connectivity index (χ1n) is 9.01. The quantitative estimate of drug-likeness (QED) is 0.818. The smallest absolute Gasteiger partial charge is 0.368 e. The first kappa shape index (κ1) is 20.8. The van der Waals surface area contributed by atoms with E-state index in [-0.39, 0.29) is 11.5 Å². The number of nitrogens with two attached hydrogens (primary N) is 1. The van der Waals surface area contributed by atoms with Crippen molar-refractivity contribution in [3.8, 4) is 0 Å². The molecule has 0 spiro atoms. The van der Waals surface area contributed by atoms with Gasteiger partial charge in [0.05, 0.1) is 17.7 Å². The Labute approximate surface area is 166 Å². The normalized spacial score (nSPS) is 15.4. The van der Waals surface area contributed by atoms with Crippen LogP contribution >= 0.6 is 0 Å². The maximum absolute atomic E-state index is 13.2. The topological polar surface area (TPSA) is 91.5 Å². The number of alkyl halides is 3. The lowest BCUT2D eigenvalue weighted by molar-refractivity contribution is -0.138. The van der Waals surface area contributed by atoms with E-state index in [0.717, 1.165) is 6.07 Å². The van der Waals surface area contributed by atoms with Gasteiger partial charge in [0, 0.05) is 40.3 Å². The molecule has 0 aliphatic carbocycles. The molecule has 2 N–H and O–H groups in total. The Bertz CT molecular complexity index is 880. The molecule has 2 aromatic rings. The number of aromatic nitrogens is 3. The molecular formula is C18H22F3N7O. The van der Waals surface area contributed by atoms with Crippen LogP contribution < -0.4 is 10.6 Å². The second kappa shape index (κ2) is 8.19. The van der Waals surface area contributed by atoms with E-state index in [1.54, 1.807) is 19.0 Å². The number of nitrogen functional groups attached to an aromatic ring is 1. The van der Waals surface area contributed by atoms with Gasteiger partial charge < -0.3 is 15.5 Å². The molecule has 1 saturated heterocycles. The number of amides is 1. The zero-order valence-corrected chi connectivity index (χ0v) is 16.1. The number of hydrogen-bond acceptors (Lipinski definition) is 7. The van der Waals surface area contributed by atoms with Crippen molar-refractivity contribution in [2.24, 2.45) is 0 Å². The number of benzene rings is 1. The van der Waals surface area contributed by atoms with Crippen LogP contribution in [-0.4, -0.2) is 70.9 Å². The lowest BCUT2D eigenvalue weighted by atomic mass is 10.1. The zero-order valence-electron chi connectivity index (χ0n) is 16.1. The fourth-order valence-electron chi connectivity index (χ4n) is 3.09. The third-order valence-electron chi connectivity index (χ3n) is 4.57. The number of piperazine rings is 1. The van der Waals surface area contributed by atoms with Crippen molar-refractivity contribution in [2.75, 3.05) is 50.9 Å². The highest BCUT2D eigenvalue weighted by molar-refractivity contribution is 5.96. The van der Waals surface area contributed by atoms with Crippen LogP contribution in [0.15, 0.2) is 24.3 Å². The molecule has 1 aliphatic heterocycles. The summed E-state index contributed by atoms with van der Waals surface area (Å²) in [6, 6.07) is 4.86.